The topological polar surface area (TPSA) is 47.1 Å². The van der Waals surface area contributed by atoms with Crippen molar-refractivity contribution in [3.05, 3.63) is 42.0 Å². The van der Waals surface area contributed by atoms with Crippen molar-refractivity contribution in [3.8, 4) is 0 Å². The van der Waals surface area contributed by atoms with E-state index in [1.807, 2.05) is 31.6 Å². The number of nitrogens with two attached hydrogens (primary N) is 1. The Bertz CT molecular complexity index is 544. The van der Waals surface area contributed by atoms with Crippen molar-refractivity contribution >= 4 is 11.4 Å². The number of nitrogen functional groups attached to an aromatic ring is 1. The van der Waals surface area contributed by atoms with Crippen LogP contribution in [0.3, 0.4) is 0 Å². The highest BCUT2D eigenvalue weighted by atomic mass is 15.2. The van der Waals surface area contributed by atoms with Crippen LogP contribution in [0, 0.1) is 0 Å². The summed E-state index contributed by atoms with van der Waals surface area (Å²) in [5, 5.41) is 0. The summed E-state index contributed by atoms with van der Waals surface area (Å²) in [5.41, 5.74) is 9.47. The van der Waals surface area contributed by atoms with E-state index >= 15 is 0 Å². The average Bonchev–Trinajstić information content (AvgIpc) is 2.89. The number of imidazole rings is 1. The quantitative estimate of drug-likeness (QED) is 0.794. The number of hydrogen-bond acceptors (Lipinski definition) is 3. The van der Waals surface area contributed by atoms with E-state index in [1.165, 1.54) is 11.3 Å². The normalized spacial score (nSPS) is 14.1. The van der Waals surface area contributed by atoms with Gasteiger partial charge in [-0.25, -0.2) is 4.98 Å². The zero-order valence-electron chi connectivity index (χ0n) is 9.93. The first kappa shape index (κ1) is 10.2. The van der Waals surface area contributed by atoms with Crippen molar-refractivity contribution < 1.29 is 0 Å². The Kier molecular flexibility index (Phi) is 2.28. The van der Waals surface area contributed by atoms with Crippen molar-refractivity contribution in [2.45, 2.75) is 13.0 Å². The SMILES string of the molecule is Cn1ccnc1CN1CCc2cccc(N)c21. The second kappa shape index (κ2) is 3.80. The van der Waals surface area contributed by atoms with E-state index in [4.69, 9.17) is 5.73 Å². The minimum absolute atomic E-state index is 0.824. The maximum Gasteiger partial charge on any atom is 0.127 e. The van der Waals surface area contributed by atoms with E-state index < -0.39 is 0 Å². The molecular formula is C13H16N4. The van der Waals surface area contributed by atoms with Gasteiger partial charge in [0.2, 0.25) is 0 Å². The fourth-order valence-corrected chi connectivity index (χ4v) is 2.44. The molecule has 0 saturated carbocycles. The van der Waals surface area contributed by atoms with Gasteiger partial charge in [0.15, 0.2) is 0 Å². The molecule has 1 aromatic carbocycles. The van der Waals surface area contributed by atoms with Gasteiger partial charge < -0.3 is 15.2 Å². The van der Waals surface area contributed by atoms with E-state index in [1.54, 1.807) is 0 Å². The Balaban J connectivity index is 1.92. The van der Waals surface area contributed by atoms with Gasteiger partial charge in [-0.05, 0) is 18.1 Å². The number of hydrogen-bond donors (Lipinski definition) is 1. The Morgan fingerprint density at radius 1 is 1.41 bits per heavy atom. The predicted octanol–water partition coefficient (Wildman–Crippen LogP) is 1.56. The molecule has 2 N–H and O–H groups in total. The van der Waals surface area contributed by atoms with Crippen LogP contribution in [0.2, 0.25) is 0 Å². The number of anilines is 2. The summed E-state index contributed by atoms with van der Waals surface area (Å²) in [5.74, 6) is 1.07. The molecule has 0 bridgehead atoms. The predicted molar refractivity (Wildman–Crippen MR) is 68.8 cm³/mol. The van der Waals surface area contributed by atoms with Gasteiger partial charge in [0, 0.05) is 26.0 Å². The Morgan fingerprint density at radius 3 is 3.06 bits per heavy atom. The number of fused-ring (bicyclic) bond motifs is 1. The zero-order valence-corrected chi connectivity index (χ0v) is 9.93. The molecule has 1 aliphatic heterocycles. The van der Waals surface area contributed by atoms with E-state index in [0.717, 1.165) is 31.0 Å². The molecule has 17 heavy (non-hydrogen) atoms. The molecule has 1 aliphatic rings. The fourth-order valence-electron chi connectivity index (χ4n) is 2.44. The molecule has 4 nitrogen and oxygen atoms in total. The van der Waals surface area contributed by atoms with Gasteiger partial charge in [-0.15, -0.1) is 0 Å². The highest BCUT2D eigenvalue weighted by Gasteiger charge is 2.22. The second-order valence-corrected chi connectivity index (χ2v) is 4.48. The van der Waals surface area contributed by atoms with Gasteiger partial charge in [-0.3, -0.25) is 0 Å². The van der Waals surface area contributed by atoms with Gasteiger partial charge in [0.1, 0.15) is 5.82 Å². The molecule has 0 saturated heterocycles. The summed E-state index contributed by atoms with van der Waals surface area (Å²) < 4.78 is 2.05. The molecule has 2 aromatic rings. The van der Waals surface area contributed by atoms with Crippen molar-refractivity contribution in [2.75, 3.05) is 17.2 Å². The van der Waals surface area contributed by atoms with E-state index in [2.05, 4.69) is 20.5 Å². The molecule has 1 aromatic heterocycles. The Hall–Kier alpha value is -1.97. The Morgan fingerprint density at radius 2 is 2.29 bits per heavy atom. The first-order valence-electron chi connectivity index (χ1n) is 5.84. The van der Waals surface area contributed by atoms with E-state index in [0.29, 0.717) is 0 Å². The van der Waals surface area contributed by atoms with Crippen LogP contribution in [0.4, 0.5) is 11.4 Å². The summed E-state index contributed by atoms with van der Waals surface area (Å²) in [6.07, 6.45) is 4.88. The van der Waals surface area contributed by atoms with Crippen LogP contribution in [0.5, 0.6) is 0 Å². The standard InChI is InChI=1S/C13H16N4/c1-16-8-6-15-12(16)9-17-7-5-10-3-2-4-11(14)13(10)17/h2-4,6,8H,5,7,9,14H2,1H3. The molecule has 0 fully saturated rings. The number of benzene rings is 1. The molecule has 2 heterocycles. The third-order valence-electron chi connectivity index (χ3n) is 3.37. The number of nitrogens with zero attached hydrogens (tertiary/aromatic N) is 3. The molecule has 0 aliphatic carbocycles. The van der Waals surface area contributed by atoms with Gasteiger partial charge in [-0.2, -0.15) is 0 Å². The van der Waals surface area contributed by atoms with Crippen molar-refractivity contribution in [3.63, 3.8) is 0 Å². The highest BCUT2D eigenvalue weighted by Crippen LogP contribution is 2.34. The lowest BCUT2D eigenvalue weighted by Crippen LogP contribution is -2.22. The number of para-hydroxylation sites is 1. The van der Waals surface area contributed by atoms with Crippen LogP contribution < -0.4 is 10.6 Å². The van der Waals surface area contributed by atoms with Crippen LogP contribution in [0.15, 0.2) is 30.6 Å². The minimum Gasteiger partial charge on any atom is -0.397 e. The van der Waals surface area contributed by atoms with Crippen molar-refractivity contribution in [1.29, 1.82) is 0 Å². The third kappa shape index (κ3) is 1.65. The molecule has 0 radical (unpaired) electrons. The van der Waals surface area contributed by atoms with Crippen LogP contribution in [-0.2, 0) is 20.0 Å². The maximum atomic E-state index is 6.06. The lowest BCUT2D eigenvalue weighted by Gasteiger charge is -2.20. The lowest BCUT2D eigenvalue weighted by atomic mass is 10.1. The van der Waals surface area contributed by atoms with Crippen molar-refractivity contribution in [1.82, 2.24) is 9.55 Å². The second-order valence-electron chi connectivity index (χ2n) is 4.48. The third-order valence-corrected chi connectivity index (χ3v) is 3.37. The molecule has 0 atom stereocenters. The average molecular weight is 228 g/mol. The van der Waals surface area contributed by atoms with E-state index in [-0.39, 0.29) is 0 Å². The van der Waals surface area contributed by atoms with Crippen molar-refractivity contribution in [2.24, 2.45) is 7.05 Å². The first-order valence-corrected chi connectivity index (χ1v) is 5.84. The molecule has 4 heteroatoms. The number of aromatic nitrogens is 2. The monoisotopic (exact) mass is 228 g/mol. The summed E-state index contributed by atoms with van der Waals surface area (Å²) in [4.78, 5) is 6.67. The largest absolute Gasteiger partial charge is 0.397 e. The molecule has 88 valence electrons. The molecule has 0 unspecified atom stereocenters. The van der Waals surface area contributed by atoms with Gasteiger partial charge in [0.05, 0.1) is 17.9 Å². The van der Waals surface area contributed by atoms with Crippen LogP contribution in [-0.4, -0.2) is 16.1 Å². The molecular weight excluding hydrogens is 212 g/mol. The Labute approximate surface area is 101 Å². The summed E-state index contributed by atoms with van der Waals surface area (Å²) in [6, 6.07) is 6.15. The van der Waals surface area contributed by atoms with Crippen LogP contribution in [0.25, 0.3) is 0 Å². The van der Waals surface area contributed by atoms with Gasteiger partial charge in [0.25, 0.3) is 0 Å². The molecule has 3 rings (SSSR count). The lowest BCUT2D eigenvalue weighted by molar-refractivity contribution is 0.735. The number of rotatable bonds is 2. The number of aryl methyl sites for hydroxylation is 1. The highest BCUT2D eigenvalue weighted by molar-refractivity contribution is 5.74. The zero-order chi connectivity index (χ0) is 11.8. The fraction of sp³-hybridized carbons (Fsp3) is 0.308. The van der Waals surface area contributed by atoms with Gasteiger partial charge in [-0.1, -0.05) is 12.1 Å². The molecule has 0 amide bonds. The summed E-state index contributed by atoms with van der Waals surface area (Å²) in [6.45, 7) is 1.85. The smallest absolute Gasteiger partial charge is 0.127 e. The first-order chi connectivity index (χ1) is 8.25. The minimum atomic E-state index is 0.824. The van der Waals surface area contributed by atoms with Gasteiger partial charge >= 0.3 is 0 Å². The maximum absolute atomic E-state index is 6.06. The summed E-state index contributed by atoms with van der Waals surface area (Å²) in [7, 11) is 2.02. The van der Waals surface area contributed by atoms with Crippen LogP contribution in [0.1, 0.15) is 11.4 Å². The van der Waals surface area contributed by atoms with Crippen LogP contribution >= 0.6 is 0 Å². The molecule has 0 spiro atoms. The van der Waals surface area contributed by atoms with E-state index in [9.17, 15) is 0 Å². The summed E-state index contributed by atoms with van der Waals surface area (Å²) >= 11 is 0.